The molecular weight excluding hydrogens is 1620 g/mol. The van der Waals surface area contributed by atoms with Crippen LogP contribution in [0.4, 0.5) is 0 Å². The largest absolute Gasteiger partial charge is 0.487 e. The number of aliphatic carboxylic acids is 1. The summed E-state index contributed by atoms with van der Waals surface area (Å²) in [5.41, 5.74) is 33.4. The summed E-state index contributed by atoms with van der Waals surface area (Å²) in [7, 11) is -13.2. The van der Waals surface area contributed by atoms with E-state index in [1.807, 2.05) is 133 Å². The quantitative estimate of drug-likeness (QED) is 0.00849. The van der Waals surface area contributed by atoms with E-state index in [1.165, 1.54) is 25.6 Å². The van der Waals surface area contributed by atoms with Gasteiger partial charge < -0.3 is 68.8 Å². The topological polar surface area (TPSA) is 490 Å². The number of sulfonamides is 3. The summed E-state index contributed by atoms with van der Waals surface area (Å²) in [5.74, 6) is -5.78. The summed E-state index contributed by atoms with van der Waals surface area (Å²) in [4.78, 5) is 98.8. The lowest BCUT2D eigenvalue weighted by Gasteiger charge is -2.36. The highest BCUT2D eigenvalue weighted by Crippen LogP contribution is 2.50. The van der Waals surface area contributed by atoms with Crippen molar-refractivity contribution in [2.24, 2.45) is 37.9 Å². The van der Waals surface area contributed by atoms with Crippen LogP contribution in [0.5, 0.6) is 17.2 Å². The summed E-state index contributed by atoms with van der Waals surface area (Å²) in [6.07, 6.45) is 0.0566. The lowest BCUT2D eigenvalue weighted by Crippen LogP contribution is -2.59. The predicted octanol–water partition coefficient (Wildman–Crippen LogP) is 6.72. The Morgan fingerprint density at radius 3 is 0.992 bits per heavy atom. The van der Waals surface area contributed by atoms with Gasteiger partial charge in [-0.1, -0.05) is 91.0 Å². The fourth-order valence-corrected chi connectivity index (χ4v) is 21.6. The Bertz CT molecular complexity index is 5280. The number of fused-ring (bicyclic) bond motifs is 3. The molecule has 9 rings (SSSR count). The molecule has 650 valence electrons. The van der Waals surface area contributed by atoms with Gasteiger partial charge in [-0.25, -0.2) is 39.4 Å². The predicted molar refractivity (Wildman–Crippen MR) is 464 cm³/mol. The number of ether oxygens (including phenoxy) is 3. The van der Waals surface area contributed by atoms with Crippen molar-refractivity contribution in [1.29, 1.82) is 0 Å². The number of amides is 5. The van der Waals surface area contributed by atoms with Crippen LogP contribution in [0, 0.1) is 62.3 Å². The van der Waals surface area contributed by atoms with Gasteiger partial charge >= 0.3 is 5.97 Å². The molecule has 0 radical (unpaired) electrons. The first-order valence-corrected chi connectivity index (χ1v) is 45.2. The van der Waals surface area contributed by atoms with Crippen LogP contribution in [0.25, 0.3) is 0 Å². The minimum atomic E-state index is -4.40. The van der Waals surface area contributed by atoms with E-state index in [2.05, 4.69) is 55.7 Å². The van der Waals surface area contributed by atoms with Crippen molar-refractivity contribution >= 4 is 95.2 Å². The van der Waals surface area contributed by atoms with Gasteiger partial charge in [0.1, 0.15) is 64.3 Å². The van der Waals surface area contributed by atoms with E-state index < -0.39 is 141 Å². The molecule has 3 aliphatic heterocycles. The molecule has 0 aliphatic carbocycles. The number of hydrogen-bond donors (Lipinski definition) is 13. The SMILES string of the molecule is Cc1c(C)c(S(=O)(=O)NC(N)=NCCC[C@@H](NC(=O)[C@@H](C)NC(=O)[C@H](N)CSC(c2ccccc2)(c2ccccc2)c2ccccc2)C(=O)N[C@H](CCCN=C(N)NS(=O)(=O)c2c(C)c(C)c3c(c2C)CC(C)(C)O3)C(=O)N[C@H](CCCN=C(N)NS(=O)(=O)c2c(C)c(C)c3c(c2C)CC(C)(C)O3)C(=O)N[C@H](C)C(=O)O)c(C)c2c1OC(C)(C)C2. The first kappa shape index (κ1) is 93.4. The summed E-state index contributed by atoms with van der Waals surface area (Å²) in [5, 5.41) is 23.0. The molecule has 35 heteroatoms. The third-order valence-corrected chi connectivity index (χ3v) is 28.5. The normalized spacial score (nSPS) is 16.4. The molecular formula is C85H115N15O16S4. The number of carbonyl (C=O) groups is 6. The highest BCUT2D eigenvalue weighted by Gasteiger charge is 2.43. The molecule has 0 aromatic heterocycles. The fraction of sp³-hybridized carbons (Fsp3) is 0.471. The minimum Gasteiger partial charge on any atom is -0.487 e. The van der Waals surface area contributed by atoms with Gasteiger partial charge in [-0.3, -0.25) is 43.7 Å². The molecule has 6 aromatic rings. The Morgan fingerprint density at radius 2 is 0.700 bits per heavy atom. The number of nitrogens with two attached hydrogens (primary N) is 4. The molecule has 3 heterocycles. The molecule has 3 aliphatic rings. The van der Waals surface area contributed by atoms with E-state index in [4.69, 9.17) is 37.1 Å². The van der Waals surface area contributed by atoms with Gasteiger partial charge in [0.25, 0.3) is 30.1 Å². The van der Waals surface area contributed by atoms with E-state index in [9.17, 15) is 49.5 Å². The number of aliphatic imine (C=N–C) groups is 3. The van der Waals surface area contributed by atoms with Crippen LogP contribution in [-0.2, 0) is 82.8 Å². The van der Waals surface area contributed by atoms with Gasteiger partial charge in [-0.15, -0.1) is 11.8 Å². The van der Waals surface area contributed by atoms with Gasteiger partial charge in [-0.2, -0.15) is 0 Å². The van der Waals surface area contributed by atoms with Crippen LogP contribution < -0.4 is 77.9 Å². The number of carbonyl (C=O) groups excluding carboxylic acids is 5. The van der Waals surface area contributed by atoms with Crippen molar-refractivity contribution in [3.8, 4) is 17.2 Å². The number of thioether (sulfide) groups is 1. The first-order chi connectivity index (χ1) is 56.0. The molecule has 0 fully saturated rings. The second-order valence-electron chi connectivity index (χ2n) is 32.9. The van der Waals surface area contributed by atoms with Crippen LogP contribution in [0.1, 0.15) is 177 Å². The summed E-state index contributed by atoms with van der Waals surface area (Å²) in [6, 6.07) is 20.2. The zero-order valence-electron chi connectivity index (χ0n) is 71.2. The molecule has 6 aromatic carbocycles. The molecule has 6 atom stereocenters. The van der Waals surface area contributed by atoms with Crippen LogP contribution in [0.3, 0.4) is 0 Å². The van der Waals surface area contributed by atoms with E-state index in [-0.39, 0.29) is 78.6 Å². The van der Waals surface area contributed by atoms with Crippen LogP contribution in [-0.4, -0.2) is 162 Å². The zero-order chi connectivity index (χ0) is 88.7. The van der Waals surface area contributed by atoms with Gasteiger partial charge in [0.2, 0.25) is 47.4 Å². The maximum atomic E-state index is 15.3. The molecule has 5 amide bonds. The van der Waals surface area contributed by atoms with E-state index in [0.29, 0.717) is 86.6 Å². The number of rotatable bonds is 35. The number of nitrogens with one attached hydrogen (secondary N) is 8. The highest BCUT2D eigenvalue weighted by atomic mass is 32.2. The maximum absolute atomic E-state index is 15.3. The Balaban J connectivity index is 0.994. The number of hydrogen-bond acceptors (Lipinski definition) is 20. The lowest BCUT2D eigenvalue weighted by molar-refractivity contribution is -0.141. The van der Waals surface area contributed by atoms with Gasteiger partial charge in [0, 0.05) is 61.3 Å². The molecule has 0 bridgehead atoms. The number of carboxylic acids is 1. The third kappa shape index (κ3) is 21.6. The molecule has 0 unspecified atom stereocenters. The molecule has 0 spiro atoms. The van der Waals surface area contributed by atoms with E-state index in [0.717, 1.165) is 33.4 Å². The maximum Gasteiger partial charge on any atom is 0.325 e. The van der Waals surface area contributed by atoms with Gasteiger partial charge in [-0.05, 0) is 223 Å². The Hall–Kier alpha value is -10.5. The molecule has 120 heavy (non-hydrogen) atoms. The van der Waals surface area contributed by atoms with Crippen LogP contribution >= 0.6 is 11.8 Å². The number of guanidine groups is 3. The van der Waals surface area contributed by atoms with Crippen molar-refractivity contribution in [2.45, 2.75) is 248 Å². The lowest BCUT2D eigenvalue weighted by atomic mass is 9.84. The number of nitrogens with zero attached hydrogens (tertiary/aromatic N) is 3. The molecule has 0 saturated heterocycles. The second kappa shape index (κ2) is 37.7. The Labute approximate surface area is 708 Å². The van der Waals surface area contributed by atoms with E-state index >= 15 is 9.59 Å². The summed E-state index contributed by atoms with van der Waals surface area (Å²) < 4.78 is 110. The smallest absolute Gasteiger partial charge is 0.325 e. The monoisotopic (exact) mass is 1730 g/mol. The van der Waals surface area contributed by atoms with Gasteiger partial charge in [0.15, 0.2) is 0 Å². The standard InChI is InChI=1S/C85H115N15O16S4/c1-46-49(4)70(52(7)60-42-82(12,13)114-67(46)60)118(108,109)98-79(87)90-39-27-36-64(75(103)94-56(11)78(106)107)96-77(105)66(38-29-41-92-81(89)100-120(112,113)72-51(6)48(3)69-62(54(72)9)44-84(16,17)116-69)97-76(104)65(37-28-40-91-80(88)99-119(110,111)71-50(5)47(2)68-61(53(71)8)43-83(14,15)115-68)95-73(101)55(10)93-74(102)63(86)45-117-85(57-30-21-18-22-31-57,58-32-23-19-24-33-58)59-34-25-20-26-35-59/h18-26,30-35,55-56,63-66H,27-29,36-45,86H2,1-17H3,(H,93,102)(H,94,103)(H,95,101)(H,96,105)(H,97,104)(H,106,107)(H3,87,90,98)(H3,88,91,99)(H3,89,92,100)/t55-,56-,63-,64-,65-,66-/m1/s1. The van der Waals surface area contributed by atoms with Crippen molar-refractivity contribution in [3.05, 3.63) is 174 Å². The van der Waals surface area contributed by atoms with Crippen molar-refractivity contribution < 1.29 is 73.3 Å². The fourth-order valence-electron chi connectivity index (χ4n) is 15.6. The Kier molecular flexibility index (Phi) is 29.3. The van der Waals surface area contributed by atoms with Crippen LogP contribution in [0.15, 0.2) is 121 Å². The average molecular weight is 1730 g/mol. The number of carboxylic acid groups (broad SMARTS) is 1. The van der Waals surface area contributed by atoms with E-state index in [1.54, 1.807) is 62.3 Å². The van der Waals surface area contributed by atoms with Crippen LogP contribution in [0.2, 0.25) is 0 Å². The summed E-state index contributed by atoms with van der Waals surface area (Å²) >= 11 is 1.42. The molecule has 17 N–H and O–H groups in total. The van der Waals surface area contributed by atoms with Crippen molar-refractivity contribution in [3.63, 3.8) is 0 Å². The zero-order valence-corrected chi connectivity index (χ0v) is 74.4. The highest BCUT2D eigenvalue weighted by molar-refractivity contribution is 8.00. The molecule has 0 saturated carbocycles. The Morgan fingerprint density at radius 1 is 0.425 bits per heavy atom. The first-order valence-electron chi connectivity index (χ1n) is 39.8. The number of benzene rings is 6. The molecule has 31 nitrogen and oxygen atoms in total. The second-order valence-corrected chi connectivity index (χ2v) is 39.0. The van der Waals surface area contributed by atoms with Crippen molar-refractivity contribution in [2.75, 3.05) is 25.4 Å². The summed E-state index contributed by atoms with van der Waals surface area (Å²) in [6.45, 7) is 28.5. The average Bonchev–Trinajstić information content (AvgIpc) is 1.51. The minimum absolute atomic E-state index is 0.00372. The third-order valence-electron chi connectivity index (χ3n) is 21.9. The van der Waals surface area contributed by atoms with Crippen molar-refractivity contribution in [1.82, 2.24) is 40.8 Å². The van der Waals surface area contributed by atoms with Gasteiger partial charge in [0.05, 0.1) is 25.5 Å².